The van der Waals surface area contributed by atoms with Gasteiger partial charge in [0.2, 0.25) is 11.8 Å². The molecule has 1 fully saturated rings. The first-order valence-electron chi connectivity index (χ1n) is 7.39. The number of hydrogen-bond donors (Lipinski definition) is 2. The summed E-state index contributed by atoms with van der Waals surface area (Å²) in [6.07, 6.45) is 3.57. The quantitative estimate of drug-likeness (QED) is 0.712. The van der Waals surface area contributed by atoms with Crippen LogP contribution in [0.15, 0.2) is 12.7 Å². The lowest BCUT2D eigenvalue weighted by Gasteiger charge is -2.39. The highest BCUT2D eigenvalue weighted by molar-refractivity contribution is 5.81. The van der Waals surface area contributed by atoms with Crippen LogP contribution in [0, 0.1) is 5.92 Å². The van der Waals surface area contributed by atoms with Crippen molar-refractivity contribution in [1.29, 1.82) is 0 Å². The van der Waals surface area contributed by atoms with Gasteiger partial charge in [-0.1, -0.05) is 19.4 Å². The maximum absolute atomic E-state index is 11.9. The molecule has 0 spiro atoms. The first kappa shape index (κ1) is 16.7. The number of piperidine rings is 1. The predicted octanol–water partition coefficient (Wildman–Crippen LogP) is 0.914. The van der Waals surface area contributed by atoms with Crippen molar-refractivity contribution in [3.63, 3.8) is 0 Å². The molecule has 0 aromatic rings. The maximum atomic E-state index is 11.9. The second-order valence-corrected chi connectivity index (χ2v) is 5.45. The van der Waals surface area contributed by atoms with Gasteiger partial charge in [0.05, 0.1) is 6.04 Å². The fourth-order valence-corrected chi connectivity index (χ4v) is 2.67. The molecule has 0 aromatic heterocycles. The SMILES string of the molecule is C=CCNC(=O)C(C)NC1CCN(C(C)=O)CC1CC. The molecule has 5 heteroatoms. The van der Waals surface area contributed by atoms with E-state index in [1.165, 1.54) is 0 Å². The Kier molecular flexibility index (Phi) is 6.71. The average molecular weight is 281 g/mol. The molecule has 3 atom stereocenters. The highest BCUT2D eigenvalue weighted by Gasteiger charge is 2.30. The molecule has 0 aliphatic carbocycles. The van der Waals surface area contributed by atoms with Crippen LogP contribution in [-0.2, 0) is 9.59 Å². The second kappa shape index (κ2) is 8.04. The number of hydrogen-bond acceptors (Lipinski definition) is 3. The summed E-state index contributed by atoms with van der Waals surface area (Å²) in [5.41, 5.74) is 0. The van der Waals surface area contributed by atoms with E-state index in [0.29, 0.717) is 18.5 Å². The Bertz CT molecular complexity index is 357. The van der Waals surface area contributed by atoms with E-state index in [1.54, 1.807) is 13.0 Å². The lowest BCUT2D eigenvalue weighted by atomic mass is 9.89. The minimum atomic E-state index is -0.224. The van der Waals surface area contributed by atoms with Gasteiger partial charge in [-0.2, -0.15) is 0 Å². The summed E-state index contributed by atoms with van der Waals surface area (Å²) in [4.78, 5) is 25.2. The Labute approximate surface area is 121 Å². The molecule has 2 amide bonds. The summed E-state index contributed by atoms with van der Waals surface area (Å²) in [5.74, 6) is 0.537. The zero-order valence-corrected chi connectivity index (χ0v) is 12.8. The Balaban J connectivity index is 2.52. The third-order valence-electron chi connectivity index (χ3n) is 3.98. The fraction of sp³-hybridized carbons (Fsp3) is 0.733. The number of likely N-dealkylation sites (tertiary alicyclic amines) is 1. The molecule has 1 aliphatic heterocycles. The normalized spacial score (nSPS) is 24.1. The monoisotopic (exact) mass is 281 g/mol. The minimum absolute atomic E-state index is 0.00579. The van der Waals surface area contributed by atoms with Gasteiger partial charge in [0.1, 0.15) is 0 Å². The maximum Gasteiger partial charge on any atom is 0.237 e. The predicted molar refractivity (Wildman–Crippen MR) is 80.2 cm³/mol. The Morgan fingerprint density at radius 1 is 1.50 bits per heavy atom. The van der Waals surface area contributed by atoms with Crippen LogP contribution in [-0.4, -0.2) is 48.4 Å². The van der Waals surface area contributed by atoms with E-state index in [1.807, 2.05) is 11.8 Å². The molecular weight excluding hydrogens is 254 g/mol. The van der Waals surface area contributed by atoms with Crippen molar-refractivity contribution in [2.75, 3.05) is 19.6 Å². The van der Waals surface area contributed by atoms with Crippen molar-refractivity contribution in [3.05, 3.63) is 12.7 Å². The largest absolute Gasteiger partial charge is 0.351 e. The van der Waals surface area contributed by atoms with Crippen LogP contribution < -0.4 is 10.6 Å². The molecule has 0 aromatic carbocycles. The van der Waals surface area contributed by atoms with Crippen LogP contribution in [0.4, 0.5) is 0 Å². The summed E-state index contributed by atoms with van der Waals surface area (Å²) < 4.78 is 0. The van der Waals surface area contributed by atoms with E-state index < -0.39 is 0 Å². The van der Waals surface area contributed by atoms with Gasteiger partial charge in [0.25, 0.3) is 0 Å². The molecule has 0 bridgehead atoms. The van der Waals surface area contributed by atoms with Crippen molar-refractivity contribution < 1.29 is 9.59 Å². The fourth-order valence-electron chi connectivity index (χ4n) is 2.67. The van der Waals surface area contributed by atoms with Crippen LogP contribution in [0.1, 0.15) is 33.6 Å². The van der Waals surface area contributed by atoms with E-state index >= 15 is 0 Å². The molecule has 2 N–H and O–H groups in total. The van der Waals surface area contributed by atoms with E-state index in [9.17, 15) is 9.59 Å². The summed E-state index contributed by atoms with van der Waals surface area (Å²) >= 11 is 0. The number of carbonyl (C=O) groups is 2. The van der Waals surface area contributed by atoms with E-state index in [2.05, 4.69) is 24.1 Å². The van der Waals surface area contributed by atoms with Crippen LogP contribution >= 0.6 is 0 Å². The minimum Gasteiger partial charge on any atom is -0.351 e. The molecular formula is C15H27N3O2. The van der Waals surface area contributed by atoms with E-state index in [0.717, 1.165) is 25.9 Å². The lowest BCUT2D eigenvalue weighted by molar-refractivity contribution is -0.131. The van der Waals surface area contributed by atoms with Crippen LogP contribution in [0.3, 0.4) is 0 Å². The van der Waals surface area contributed by atoms with Gasteiger partial charge in [0.15, 0.2) is 0 Å². The van der Waals surface area contributed by atoms with Crippen LogP contribution in [0.25, 0.3) is 0 Å². The molecule has 1 rings (SSSR count). The topological polar surface area (TPSA) is 61.4 Å². The first-order valence-corrected chi connectivity index (χ1v) is 7.39. The van der Waals surface area contributed by atoms with Gasteiger partial charge in [-0.05, 0) is 19.3 Å². The van der Waals surface area contributed by atoms with Crippen molar-refractivity contribution >= 4 is 11.8 Å². The number of nitrogens with zero attached hydrogens (tertiary/aromatic N) is 1. The van der Waals surface area contributed by atoms with Gasteiger partial charge in [-0.15, -0.1) is 6.58 Å². The smallest absolute Gasteiger partial charge is 0.237 e. The van der Waals surface area contributed by atoms with Gasteiger partial charge in [0, 0.05) is 32.6 Å². The molecule has 0 radical (unpaired) electrons. The average Bonchev–Trinajstić information content (AvgIpc) is 2.44. The lowest BCUT2D eigenvalue weighted by Crippen LogP contribution is -2.55. The molecule has 5 nitrogen and oxygen atoms in total. The van der Waals surface area contributed by atoms with E-state index in [-0.39, 0.29) is 17.9 Å². The third-order valence-corrected chi connectivity index (χ3v) is 3.98. The molecule has 1 heterocycles. The van der Waals surface area contributed by atoms with Gasteiger partial charge in [-0.3, -0.25) is 9.59 Å². The van der Waals surface area contributed by atoms with Crippen molar-refractivity contribution in [2.24, 2.45) is 5.92 Å². The Morgan fingerprint density at radius 2 is 2.20 bits per heavy atom. The first-order chi connectivity index (χ1) is 9.49. The van der Waals surface area contributed by atoms with Gasteiger partial charge >= 0.3 is 0 Å². The summed E-state index contributed by atoms with van der Waals surface area (Å²) in [6, 6.07) is 0.0676. The summed E-state index contributed by atoms with van der Waals surface area (Å²) in [5, 5.41) is 6.20. The number of nitrogens with one attached hydrogen (secondary N) is 2. The van der Waals surface area contributed by atoms with Gasteiger partial charge < -0.3 is 15.5 Å². The zero-order valence-electron chi connectivity index (χ0n) is 12.8. The van der Waals surface area contributed by atoms with Crippen LogP contribution in [0.5, 0.6) is 0 Å². The van der Waals surface area contributed by atoms with Gasteiger partial charge in [-0.25, -0.2) is 0 Å². The highest BCUT2D eigenvalue weighted by Crippen LogP contribution is 2.20. The highest BCUT2D eigenvalue weighted by atomic mass is 16.2. The summed E-state index contributed by atoms with van der Waals surface area (Å²) in [6.45, 7) is 11.3. The molecule has 20 heavy (non-hydrogen) atoms. The molecule has 0 saturated carbocycles. The standard InChI is InChI=1S/C15H27N3O2/c1-5-8-16-15(20)11(3)17-14-7-9-18(12(4)19)10-13(14)6-2/h5,11,13-14,17H,1,6-10H2,2-4H3,(H,16,20). The Hall–Kier alpha value is -1.36. The zero-order chi connectivity index (χ0) is 15.1. The Morgan fingerprint density at radius 3 is 2.75 bits per heavy atom. The number of rotatable bonds is 6. The number of amides is 2. The molecule has 1 aliphatic rings. The molecule has 1 saturated heterocycles. The summed E-state index contributed by atoms with van der Waals surface area (Å²) in [7, 11) is 0. The number of carbonyl (C=O) groups excluding carboxylic acids is 2. The van der Waals surface area contributed by atoms with Crippen molar-refractivity contribution in [2.45, 2.75) is 45.7 Å². The second-order valence-electron chi connectivity index (χ2n) is 5.45. The van der Waals surface area contributed by atoms with Crippen molar-refractivity contribution in [3.8, 4) is 0 Å². The molecule has 114 valence electrons. The van der Waals surface area contributed by atoms with Crippen LogP contribution in [0.2, 0.25) is 0 Å². The third kappa shape index (κ3) is 4.63. The van der Waals surface area contributed by atoms with E-state index in [4.69, 9.17) is 0 Å². The van der Waals surface area contributed by atoms with Crippen molar-refractivity contribution in [1.82, 2.24) is 15.5 Å². The molecule has 3 unspecified atom stereocenters.